The number of anilines is 2. The van der Waals surface area contributed by atoms with Crippen LogP contribution in [0.25, 0.3) is 0 Å². The summed E-state index contributed by atoms with van der Waals surface area (Å²) in [6.07, 6.45) is 0. The minimum Gasteiger partial charge on any atom is -0.360 e. The zero-order valence-corrected chi connectivity index (χ0v) is 17.1. The van der Waals surface area contributed by atoms with Crippen molar-refractivity contribution in [2.45, 2.75) is 18.7 Å². The van der Waals surface area contributed by atoms with Gasteiger partial charge in [0.2, 0.25) is 31.9 Å². The first-order valence-corrected chi connectivity index (χ1v) is 11.5. The maximum atomic E-state index is 12.3. The van der Waals surface area contributed by atoms with Gasteiger partial charge in [0.15, 0.2) is 5.82 Å². The Hall–Kier alpha value is -2.77. The van der Waals surface area contributed by atoms with E-state index in [0.717, 1.165) is 12.1 Å². The van der Waals surface area contributed by atoms with E-state index < -0.39 is 44.3 Å². The SMILES string of the molecule is Cc1cc(NC(=O)CNS(=O)(=O)c2ccc(N3C(=O)C(C)CS3(=O)=O)cc2)no1. The van der Waals surface area contributed by atoms with Crippen molar-refractivity contribution in [2.24, 2.45) is 5.92 Å². The lowest BCUT2D eigenvalue weighted by Crippen LogP contribution is -2.33. The second kappa shape index (κ2) is 7.57. The lowest BCUT2D eigenvalue weighted by Gasteiger charge is -2.15. The highest BCUT2D eigenvalue weighted by atomic mass is 32.2. The molecule has 0 spiro atoms. The molecule has 1 saturated heterocycles. The average molecular weight is 442 g/mol. The van der Waals surface area contributed by atoms with Crippen LogP contribution in [0.1, 0.15) is 12.7 Å². The molecule has 1 aliphatic rings. The van der Waals surface area contributed by atoms with E-state index in [1.807, 2.05) is 0 Å². The maximum absolute atomic E-state index is 12.3. The molecule has 2 N–H and O–H groups in total. The van der Waals surface area contributed by atoms with Gasteiger partial charge in [-0.1, -0.05) is 12.1 Å². The number of hydrogen-bond donors (Lipinski definition) is 2. The van der Waals surface area contributed by atoms with Crippen molar-refractivity contribution >= 4 is 43.4 Å². The van der Waals surface area contributed by atoms with E-state index in [1.165, 1.54) is 25.1 Å². The summed E-state index contributed by atoms with van der Waals surface area (Å²) in [7, 11) is -7.83. The van der Waals surface area contributed by atoms with E-state index >= 15 is 0 Å². The summed E-state index contributed by atoms with van der Waals surface area (Å²) in [5.41, 5.74) is 0.0532. The normalized spacial score (nSPS) is 18.8. The van der Waals surface area contributed by atoms with Gasteiger partial charge in [-0.3, -0.25) is 9.59 Å². The predicted molar refractivity (Wildman–Crippen MR) is 102 cm³/mol. The maximum Gasteiger partial charge on any atom is 0.244 e. The molecule has 2 aromatic rings. The van der Waals surface area contributed by atoms with Crippen LogP contribution in [-0.2, 0) is 29.6 Å². The van der Waals surface area contributed by atoms with Crippen molar-refractivity contribution < 1.29 is 30.9 Å². The highest BCUT2D eigenvalue weighted by molar-refractivity contribution is 7.94. The number of carbonyl (C=O) groups is 2. The van der Waals surface area contributed by atoms with Crippen molar-refractivity contribution in [3.8, 4) is 0 Å². The minimum atomic E-state index is -4.04. The zero-order valence-electron chi connectivity index (χ0n) is 15.4. The monoisotopic (exact) mass is 442 g/mol. The van der Waals surface area contributed by atoms with E-state index in [4.69, 9.17) is 4.52 Å². The molecule has 13 heteroatoms. The molecule has 2 heterocycles. The number of aryl methyl sites for hydroxylation is 1. The molecule has 1 aromatic heterocycles. The fourth-order valence-corrected chi connectivity index (χ4v) is 5.51. The number of carbonyl (C=O) groups excluding carboxylic acids is 2. The molecular formula is C16H18N4O7S2. The van der Waals surface area contributed by atoms with Crippen molar-refractivity contribution in [3.63, 3.8) is 0 Å². The standard InChI is InChI=1S/C16H18N4O7S2/c1-10-9-28(23,24)20(16(10)22)12-3-5-13(6-4-12)29(25,26)17-8-15(21)18-14-7-11(2)27-19-14/h3-7,10,17H,8-9H2,1-2H3,(H,18,19,21). The number of aromatic nitrogens is 1. The van der Waals surface area contributed by atoms with E-state index in [1.54, 1.807) is 6.92 Å². The Balaban J connectivity index is 1.68. The van der Waals surface area contributed by atoms with Gasteiger partial charge in [0.05, 0.1) is 28.8 Å². The Bertz CT molecular complexity index is 1150. The molecule has 1 fully saturated rings. The number of amides is 2. The minimum absolute atomic E-state index is 0.0532. The summed E-state index contributed by atoms with van der Waals surface area (Å²) in [6.45, 7) is 2.59. The first kappa shape index (κ1) is 21.0. The van der Waals surface area contributed by atoms with Gasteiger partial charge in [0.25, 0.3) is 0 Å². The summed E-state index contributed by atoms with van der Waals surface area (Å²) in [5, 5.41) is 5.93. The third-order valence-corrected chi connectivity index (χ3v) is 7.35. The molecule has 0 aliphatic carbocycles. The van der Waals surface area contributed by atoms with Gasteiger partial charge in [-0.15, -0.1) is 0 Å². The molecule has 29 heavy (non-hydrogen) atoms. The zero-order chi connectivity index (χ0) is 21.4. The van der Waals surface area contributed by atoms with Crippen LogP contribution >= 0.6 is 0 Å². The molecule has 1 atom stereocenters. The highest BCUT2D eigenvalue weighted by Crippen LogP contribution is 2.28. The summed E-state index contributed by atoms with van der Waals surface area (Å²) in [4.78, 5) is 23.7. The number of sulfonamides is 2. The number of rotatable bonds is 6. The largest absolute Gasteiger partial charge is 0.360 e. The smallest absolute Gasteiger partial charge is 0.244 e. The van der Waals surface area contributed by atoms with Crippen molar-refractivity contribution in [1.29, 1.82) is 0 Å². The van der Waals surface area contributed by atoms with Crippen molar-refractivity contribution in [2.75, 3.05) is 21.9 Å². The third-order valence-electron chi connectivity index (χ3n) is 4.06. The van der Waals surface area contributed by atoms with Crippen LogP contribution in [0.4, 0.5) is 11.5 Å². The van der Waals surface area contributed by atoms with Gasteiger partial charge in [-0.2, -0.15) is 0 Å². The van der Waals surface area contributed by atoms with E-state index in [2.05, 4.69) is 15.2 Å². The highest BCUT2D eigenvalue weighted by Gasteiger charge is 2.41. The summed E-state index contributed by atoms with van der Waals surface area (Å²) >= 11 is 0. The lowest BCUT2D eigenvalue weighted by atomic mass is 10.2. The predicted octanol–water partition coefficient (Wildman–Crippen LogP) is 0.213. The third kappa shape index (κ3) is 4.46. The number of nitrogens with zero attached hydrogens (tertiary/aromatic N) is 2. The topological polar surface area (TPSA) is 156 Å². The van der Waals surface area contributed by atoms with Gasteiger partial charge >= 0.3 is 0 Å². The van der Waals surface area contributed by atoms with Crippen LogP contribution in [0.3, 0.4) is 0 Å². The molecule has 2 amide bonds. The number of benzene rings is 1. The van der Waals surface area contributed by atoms with Crippen LogP contribution in [0.15, 0.2) is 39.8 Å². The lowest BCUT2D eigenvalue weighted by molar-refractivity contribution is -0.119. The van der Waals surface area contributed by atoms with Crippen molar-refractivity contribution in [1.82, 2.24) is 9.88 Å². The summed E-state index contributed by atoms with van der Waals surface area (Å²) < 4.78 is 56.5. The summed E-state index contributed by atoms with van der Waals surface area (Å²) in [6, 6.07) is 6.23. The molecule has 0 saturated carbocycles. The Morgan fingerprint density at radius 2 is 1.97 bits per heavy atom. The molecule has 156 valence electrons. The molecule has 0 bridgehead atoms. The van der Waals surface area contributed by atoms with E-state index in [0.29, 0.717) is 10.1 Å². The van der Waals surface area contributed by atoms with Crippen LogP contribution in [0.2, 0.25) is 0 Å². The van der Waals surface area contributed by atoms with Crippen LogP contribution in [0, 0.1) is 12.8 Å². The Morgan fingerprint density at radius 1 is 1.31 bits per heavy atom. The Kier molecular flexibility index (Phi) is 5.47. The van der Waals surface area contributed by atoms with Crippen molar-refractivity contribution in [3.05, 3.63) is 36.1 Å². The first-order valence-electron chi connectivity index (χ1n) is 8.39. The molecule has 1 aliphatic heterocycles. The average Bonchev–Trinajstić information content (AvgIpc) is 3.13. The van der Waals surface area contributed by atoms with Gasteiger partial charge < -0.3 is 9.84 Å². The second-order valence-corrected chi connectivity index (χ2v) is 10.1. The first-order chi connectivity index (χ1) is 13.5. The molecule has 0 radical (unpaired) electrons. The van der Waals surface area contributed by atoms with Crippen LogP contribution in [-0.4, -0.2) is 46.1 Å². The van der Waals surface area contributed by atoms with Gasteiger partial charge in [-0.05, 0) is 31.2 Å². The molecule has 3 rings (SSSR count). The number of hydrogen-bond acceptors (Lipinski definition) is 8. The summed E-state index contributed by atoms with van der Waals surface area (Å²) in [5.74, 6) is -1.56. The quantitative estimate of drug-likeness (QED) is 0.643. The molecule has 11 nitrogen and oxygen atoms in total. The Morgan fingerprint density at radius 3 is 2.48 bits per heavy atom. The molecule has 1 aromatic carbocycles. The van der Waals surface area contributed by atoms with Gasteiger partial charge in [0.1, 0.15) is 5.76 Å². The van der Waals surface area contributed by atoms with E-state index in [9.17, 15) is 26.4 Å². The van der Waals surface area contributed by atoms with Crippen LogP contribution < -0.4 is 14.3 Å². The Labute approximate surface area is 167 Å². The fraction of sp³-hybridized carbons (Fsp3) is 0.312. The second-order valence-electron chi connectivity index (χ2n) is 6.47. The fourth-order valence-electron chi connectivity index (χ4n) is 2.70. The van der Waals surface area contributed by atoms with Gasteiger partial charge in [-0.25, -0.2) is 25.9 Å². The van der Waals surface area contributed by atoms with Crippen LogP contribution in [0.5, 0.6) is 0 Å². The molecular weight excluding hydrogens is 424 g/mol. The number of nitrogens with one attached hydrogen (secondary N) is 2. The van der Waals surface area contributed by atoms with E-state index in [-0.39, 0.29) is 22.2 Å². The van der Waals surface area contributed by atoms with Gasteiger partial charge in [0, 0.05) is 6.07 Å². The molecule has 1 unspecified atom stereocenters.